The summed E-state index contributed by atoms with van der Waals surface area (Å²) < 4.78 is 45.0. The van der Waals surface area contributed by atoms with Crippen LogP contribution in [0.15, 0.2) is 27.6 Å². The van der Waals surface area contributed by atoms with Crippen LogP contribution < -0.4 is 4.72 Å². The highest BCUT2D eigenvalue weighted by Crippen LogP contribution is 2.24. The van der Waals surface area contributed by atoms with Crippen molar-refractivity contribution >= 4 is 21.6 Å². The van der Waals surface area contributed by atoms with Gasteiger partial charge in [0.25, 0.3) is 0 Å². The molecule has 1 aromatic heterocycles. The maximum absolute atomic E-state index is 13.3. The molecule has 0 aliphatic rings. The van der Waals surface area contributed by atoms with E-state index in [2.05, 4.69) is 9.71 Å². The number of aromatic nitrogens is 1. The fraction of sp³-hybridized carbons (Fsp3) is 0.250. The zero-order valence-corrected chi connectivity index (χ0v) is 12.3. The normalized spacial score (nSPS) is 11.8. The third kappa shape index (κ3) is 3.17. The molecule has 0 saturated heterocycles. The molecule has 0 atom stereocenters. The number of benzene rings is 1. The van der Waals surface area contributed by atoms with Crippen LogP contribution in [0.1, 0.15) is 17.2 Å². The molecule has 0 bridgehead atoms. The summed E-state index contributed by atoms with van der Waals surface area (Å²) in [6, 6.07) is 2.15. The second-order valence-corrected chi connectivity index (χ2v) is 6.36. The van der Waals surface area contributed by atoms with E-state index in [1.54, 1.807) is 6.92 Å². The van der Waals surface area contributed by atoms with Gasteiger partial charge < -0.3 is 4.42 Å². The second kappa shape index (κ2) is 5.51. The molecule has 1 aromatic carbocycles. The molecule has 0 radical (unpaired) electrons. The summed E-state index contributed by atoms with van der Waals surface area (Å²) in [6.45, 7) is 3.05. The van der Waals surface area contributed by atoms with Crippen LogP contribution in [0.25, 0.3) is 0 Å². The average molecular weight is 319 g/mol. The van der Waals surface area contributed by atoms with E-state index in [0.717, 1.165) is 6.07 Å². The Morgan fingerprint density at radius 3 is 2.70 bits per heavy atom. The van der Waals surface area contributed by atoms with Crippen molar-refractivity contribution in [3.63, 3.8) is 0 Å². The van der Waals surface area contributed by atoms with E-state index in [1.165, 1.54) is 19.2 Å². The topological polar surface area (TPSA) is 72.2 Å². The van der Waals surface area contributed by atoms with E-state index < -0.39 is 15.8 Å². The average Bonchev–Trinajstić information content (AvgIpc) is 2.77. The molecule has 0 spiro atoms. The lowest BCUT2D eigenvalue weighted by atomic mass is 10.2. The number of sulfonamides is 1. The van der Waals surface area contributed by atoms with Gasteiger partial charge in [-0.05, 0) is 31.5 Å². The van der Waals surface area contributed by atoms with Gasteiger partial charge in [-0.1, -0.05) is 11.6 Å². The van der Waals surface area contributed by atoms with Crippen molar-refractivity contribution in [3.05, 3.63) is 46.4 Å². The number of nitrogens with zero attached hydrogens (tertiary/aromatic N) is 1. The van der Waals surface area contributed by atoms with Crippen LogP contribution >= 0.6 is 11.6 Å². The molecule has 0 aliphatic heterocycles. The van der Waals surface area contributed by atoms with Crippen LogP contribution in [-0.4, -0.2) is 13.4 Å². The van der Waals surface area contributed by atoms with E-state index in [4.69, 9.17) is 16.0 Å². The molecular formula is C12H12ClFN2O3S. The Kier molecular flexibility index (Phi) is 4.12. The van der Waals surface area contributed by atoms with Gasteiger partial charge in [-0.3, -0.25) is 0 Å². The molecule has 0 aliphatic carbocycles. The summed E-state index contributed by atoms with van der Waals surface area (Å²) in [4.78, 5) is 3.70. The van der Waals surface area contributed by atoms with Gasteiger partial charge in [0.15, 0.2) is 0 Å². The molecule has 0 fully saturated rings. The molecule has 2 rings (SSSR count). The van der Waals surface area contributed by atoms with Gasteiger partial charge in [0.2, 0.25) is 15.9 Å². The standard InChI is InChI=1S/C12H12ClFN2O3S/c1-7-3-11(9(13)4-10(7)14)20(17,18)16-6-12-15-5-8(2)19-12/h3-5,16H,6H2,1-2H3. The van der Waals surface area contributed by atoms with Gasteiger partial charge in [-0.2, -0.15) is 0 Å². The molecular weight excluding hydrogens is 307 g/mol. The SMILES string of the molecule is Cc1cnc(CNS(=O)(=O)c2cc(C)c(F)cc2Cl)o1. The van der Waals surface area contributed by atoms with Crippen LogP contribution in [0, 0.1) is 19.7 Å². The number of oxazole rings is 1. The molecule has 0 amide bonds. The van der Waals surface area contributed by atoms with Gasteiger partial charge >= 0.3 is 0 Å². The van der Waals surface area contributed by atoms with Gasteiger partial charge in [-0.25, -0.2) is 22.5 Å². The molecule has 20 heavy (non-hydrogen) atoms. The largest absolute Gasteiger partial charge is 0.445 e. The van der Waals surface area contributed by atoms with Crippen molar-refractivity contribution in [2.24, 2.45) is 0 Å². The molecule has 5 nitrogen and oxygen atoms in total. The van der Waals surface area contributed by atoms with E-state index in [1.807, 2.05) is 0 Å². The van der Waals surface area contributed by atoms with Gasteiger partial charge in [0.05, 0.1) is 17.8 Å². The lowest BCUT2D eigenvalue weighted by molar-refractivity contribution is 0.463. The van der Waals surface area contributed by atoms with Crippen molar-refractivity contribution in [3.8, 4) is 0 Å². The first-order valence-corrected chi connectivity index (χ1v) is 7.52. The molecule has 0 saturated carbocycles. The minimum absolute atomic E-state index is 0.108. The molecule has 0 unspecified atom stereocenters. The predicted octanol–water partition coefficient (Wildman–Crippen LogP) is 2.56. The van der Waals surface area contributed by atoms with Crippen molar-refractivity contribution < 1.29 is 17.2 Å². The first-order chi connectivity index (χ1) is 9.29. The maximum atomic E-state index is 13.3. The summed E-state index contributed by atoms with van der Waals surface area (Å²) in [7, 11) is -3.87. The summed E-state index contributed by atoms with van der Waals surface area (Å²) in [5, 5.41) is -0.177. The van der Waals surface area contributed by atoms with E-state index in [9.17, 15) is 12.8 Å². The highest BCUT2D eigenvalue weighted by Gasteiger charge is 2.20. The Balaban J connectivity index is 2.24. The van der Waals surface area contributed by atoms with Crippen LogP contribution in [0.3, 0.4) is 0 Å². The zero-order valence-electron chi connectivity index (χ0n) is 10.8. The van der Waals surface area contributed by atoms with Crippen LogP contribution in [0.4, 0.5) is 4.39 Å². The fourth-order valence-corrected chi connectivity index (χ4v) is 3.13. The first-order valence-electron chi connectivity index (χ1n) is 5.66. The number of hydrogen-bond acceptors (Lipinski definition) is 4. The molecule has 108 valence electrons. The Morgan fingerprint density at radius 2 is 2.10 bits per heavy atom. The Labute approximate surface area is 120 Å². The number of nitrogens with one attached hydrogen (secondary N) is 1. The van der Waals surface area contributed by atoms with E-state index in [-0.39, 0.29) is 27.9 Å². The van der Waals surface area contributed by atoms with Crippen LogP contribution in [-0.2, 0) is 16.6 Å². The van der Waals surface area contributed by atoms with E-state index >= 15 is 0 Å². The minimum Gasteiger partial charge on any atom is -0.445 e. The van der Waals surface area contributed by atoms with Crippen LogP contribution in [0.5, 0.6) is 0 Å². The Bertz CT molecular complexity index is 743. The quantitative estimate of drug-likeness (QED) is 0.940. The highest BCUT2D eigenvalue weighted by atomic mass is 35.5. The van der Waals surface area contributed by atoms with Crippen LogP contribution in [0.2, 0.25) is 5.02 Å². The fourth-order valence-electron chi connectivity index (χ4n) is 1.55. The zero-order chi connectivity index (χ0) is 14.9. The minimum atomic E-state index is -3.87. The molecule has 1 N–H and O–H groups in total. The van der Waals surface area contributed by atoms with Gasteiger partial charge in [-0.15, -0.1) is 0 Å². The lowest BCUT2D eigenvalue weighted by Crippen LogP contribution is -2.24. The summed E-state index contributed by atoms with van der Waals surface area (Å²) >= 11 is 5.77. The number of aryl methyl sites for hydroxylation is 2. The summed E-state index contributed by atoms with van der Waals surface area (Å²) in [5.74, 6) is 0.258. The molecule has 2 aromatic rings. The predicted molar refractivity (Wildman–Crippen MR) is 71.4 cm³/mol. The maximum Gasteiger partial charge on any atom is 0.242 e. The molecule has 8 heteroatoms. The number of hydrogen-bond donors (Lipinski definition) is 1. The van der Waals surface area contributed by atoms with Crippen molar-refractivity contribution in [2.45, 2.75) is 25.3 Å². The summed E-state index contributed by atoms with van der Waals surface area (Å²) in [6.07, 6.45) is 1.48. The first kappa shape index (κ1) is 15.0. The third-order valence-electron chi connectivity index (χ3n) is 2.59. The smallest absolute Gasteiger partial charge is 0.242 e. The second-order valence-electron chi connectivity index (χ2n) is 4.22. The summed E-state index contributed by atoms with van der Waals surface area (Å²) in [5.41, 5.74) is 0.196. The lowest BCUT2D eigenvalue weighted by Gasteiger charge is -2.08. The molecule has 1 heterocycles. The number of rotatable bonds is 4. The van der Waals surface area contributed by atoms with Gasteiger partial charge in [0.1, 0.15) is 16.5 Å². The third-order valence-corrected chi connectivity index (χ3v) is 4.45. The van der Waals surface area contributed by atoms with E-state index in [0.29, 0.717) is 5.76 Å². The van der Waals surface area contributed by atoms with Gasteiger partial charge in [0, 0.05) is 0 Å². The number of halogens is 2. The monoisotopic (exact) mass is 318 g/mol. The Morgan fingerprint density at radius 1 is 1.40 bits per heavy atom. The van der Waals surface area contributed by atoms with Crippen molar-refractivity contribution in [1.82, 2.24) is 9.71 Å². The van der Waals surface area contributed by atoms with Crippen molar-refractivity contribution in [2.75, 3.05) is 0 Å². The Hall–Kier alpha value is -1.44. The van der Waals surface area contributed by atoms with Crippen molar-refractivity contribution in [1.29, 1.82) is 0 Å². The highest BCUT2D eigenvalue weighted by molar-refractivity contribution is 7.89.